The summed E-state index contributed by atoms with van der Waals surface area (Å²) in [4.78, 5) is 24.4. The van der Waals surface area contributed by atoms with Crippen molar-refractivity contribution in [3.63, 3.8) is 0 Å². The second-order valence-electron chi connectivity index (χ2n) is 6.31. The highest BCUT2D eigenvalue weighted by Gasteiger charge is 2.28. The lowest BCUT2D eigenvalue weighted by molar-refractivity contribution is 0.0929. The average Bonchev–Trinajstić information content (AvgIpc) is 2.94. The summed E-state index contributed by atoms with van der Waals surface area (Å²) in [5, 5.41) is 8.55. The molecule has 23 heavy (non-hydrogen) atoms. The number of anilines is 1. The van der Waals surface area contributed by atoms with Gasteiger partial charge in [-0.05, 0) is 51.3 Å². The first-order valence-electron chi connectivity index (χ1n) is 8.18. The van der Waals surface area contributed by atoms with Gasteiger partial charge in [-0.25, -0.2) is 4.79 Å². The van der Waals surface area contributed by atoms with Crippen molar-refractivity contribution in [1.29, 1.82) is 0 Å². The molecule has 0 radical (unpaired) electrons. The predicted molar refractivity (Wildman–Crippen MR) is 91.4 cm³/mol. The van der Waals surface area contributed by atoms with Crippen LogP contribution in [0.1, 0.15) is 43.5 Å². The number of carbonyl (C=O) groups excluding carboxylic acids is 2. The highest BCUT2D eigenvalue weighted by molar-refractivity contribution is 6.03. The molecule has 0 spiro atoms. The third kappa shape index (κ3) is 4.69. The van der Waals surface area contributed by atoms with E-state index in [9.17, 15) is 9.59 Å². The van der Waals surface area contributed by atoms with Crippen molar-refractivity contribution in [2.24, 2.45) is 11.7 Å². The van der Waals surface area contributed by atoms with Gasteiger partial charge in [-0.1, -0.05) is 18.6 Å². The molecule has 2 atom stereocenters. The van der Waals surface area contributed by atoms with Gasteiger partial charge in [0.1, 0.15) is 0 Å². The number of amides is 3. The summed E-state index contributed by atoms with van der Waals surface area (Å²) in [7, 11) is 0. The Morgan fingerprint density at radius 2 is 2.00 bits per heavy atom. The molecule has 1 aliphatic rings. The minimum atomic E-state index is -0.319. The average molecular weight is 318 g/mol. The zero-order valence-electron chi connectivity index (χ0n) is 13.8. The smallest absolute Gasteiger partial charge is 0.319 e. The van der Waals surface area contributed by atoms with Crippen LogP contribution in [-0.2, 0) is 0 Å². The van der Waals surface area contributed by atoms with E-state index in [4.69, 9.17) is 5.73 Å². The summed E-state index contributed by atoms with van der Waals surface area (Å²) in [6, 6.07) is 6.84. The first-order valence-corrected chi connectivity index (χ1v) is 8.18. The summed E-state index contributed by atoms with van der Waals surface area (Å²) >= 11 is 0. The van der Waals surface area contributed by atoms with Gasteiger partial charge in [0.05, 0.1) is 11.3 Å². The van der Waals surface area contributed by atoms with Gasteiger partial charge in [0.15, 0.2) is 0 Å². The fourth-order valence-corrected chi connectivity index (χ4v) is 2.97. The molecule has 0 aromatic heterocycles. The normalized spacial score (nSPS) is 20.3. The second kappa shape index (κ2) is 7.97. The van der Waals surface area contributed by atoms with Crippen LogP contribution < -0.4 is 21.7 Å². The Morgan fingerprint density at radius 3 is 2.70 bits per heavy atom. The highest BCUT2D eigenvalue weighted by atomic mass is 16.2. The third-order valence-electron chi connectivity index (χ3n) is 4.12. The number of hydrogen-bond acceptors (Lipinski definition) is 3. The summed E-state index contributed by atoms with van der Waals surface area (Å²) in [6.45, 7) is 4.35. The Hall–Kier alpha value is -2.08. The van der Waals surface area contributed by atoms with Crippen LogP contribution >= 0.6 is 0 Å². The van der Waals surface area contributed by atoms with Crippen LogP contribution in [0.2, 0.25) is 0 Å². The van der Waals surface area contributed by atoms with Crippen molar-refractivity contribution in [3.8, 4) is 0 Å². The monoisotopic (exact) mass is 318 g/mol. The molecule has 3 amide bonds. The van der Waals surface area contributed by atoms with Gasteiger partial charge in [-0.15, -0.1) is 0 Å². The molecule has 1 aromatic carbocycles. The van der Waals surface area contributed by atoms with Crippen molar-refractivity contribution in [1.82, 2.24) is 10.6 Å². The molecule has 1 aliphatic carbocycles. The summed E-state index contributed by atoms with van der Waals surface area (Å²) in [6.07, 6.45) is 3.10. The number of nitrogens with two attached hydrogens (primary N) is 1. The SMILES string of the molecule is CC(C)NC(=O)Nc1ccccc1C(=O)NC1CCCC1CN. The lowest BCUT2D eigenvalue weighted by Crippen LogP contribution is -2.40. The van der Waals surface area contributed by atoms with Crippen LogP contribution in [0, 0.1) is 5.92 Å². The highest BCUT2D eigenvalue weighted by Crippen LogP contribution is 2.25. The number of benzene rings is 1. The van der Waals surface area contributed by atoms with Gasteiger partial charge in [0, 0.05) is 12.1 Å². The number of urea groups is 1. The van der Waals surface area contributed by atoms with E-state index in [1.54, 1.807) is 24.3 Å². The van der Waals surface area contributed by atoms with Crippen LogP contribution in [0.25, 0.3) is 0 Å². The molecule has 5 N–H and O–H groups in total. The third-order valence-corrected chi connectivity index (χ3v) is 4.12. The molecule has 6 nitrogen and oxygen atoms in total. The predicted octanol–water partition coefficient (Wildman–Crippen LogP) is 2.07. The Morgan fingerprint density at radius 1 is 1.26 bits per heavy atom. The van der Waals surface area contributed by atoms with Gasteiger partial charge in [-0.2, -0.15) is 0 Å². The lowest BCUT2D eigenvalue weighted by atomic mass is 10.0. The minimum absolute atomic E-state index is 0.0276. The van der Waals surface area contributed by atoms with Crippen LogP contribution in [0.4, 0.5) is 10.5 Å². The second-order valence-corrected chi connectivity index (χ2v) is 6.31. The molecule has 126 valence electrons. The van der Waals surface area contributed by atoms with Gasteiger partial charge >= 0.3 is 6.03 Å². The van der Waals surface area contributed by atoms with E-state index in [1.165, 1.54) is 0 Å². The van der Waals surface area contributed by atoms with Gasteiger partial charge < -0.3 is 21.7 Å². The van der Waals surface area contributed by atoms with Crippen LogP contribution in [0.3, 0.4) is 0 Å². The minimum Gasteiger partial charge on any atom is -0.349 e. The standard InChI is InChI=1S/C17H26N4O2/c1-11(2)19-17(23)21-15-8-4-3-7-13(15)16(22)20-14-9-5-6-12(14)10-18/h3-4,7-8,11-12,14H,5-6,9-10,18H2,1-2H3,(H,20,22)(H2,19,21,23). The Labute approximate surface area is 137 Å². The van der Waals surface area contributed by atoms with E-state index < -0.39 is 0 Å². The molecule has 0 bridgehead atoms. The molecule has 0 heterocycles. The van der Waals surface area contributed by atoms with E-state index in [0.717, 1.165) is 19.3 Å². The van der Waals surface area contributed by atoms with Crippen LogP contribution in [-0.4, -0.2) is 30.6 Å². The van der Waals surface area contributed by atoms with E-state index in [-0.39, 0.29) is 24.0 Å². The Kier molecular flexibility index (Phi) is 5.98. The first-order chi connectivity index (χ1) is 11.0. The van der Waals surface area contributed by atoms with Crippen molar-refractivity contribution in [2.75, 3.05) is 11.9 Å². The van der Waals surface area contributed by atoms with E-state index >= 15 is 0 Å². The van der Waals surface area contributed by atoms with Gasteiger partial charge in [-0.3, -0.25) is 4.79 Å². The van der Waals surface area contributed by atoms with Crippen molar-refractivity contribution < 1.29 is 9.59 Å². The lowest BCUT2D eigenvalue weighted by Gasteiger charge is -2.20. The molecular weight excluding hydrogens is 292 g/mol. The van der Waals surface area contributed by atoms with E-state index in [0.29, 0.717) is 23.7 Å². The number of para-hydroxylation sites is 1. The Balaban J connectivity index is 2.06. The number of hydrogen-bond donors (Lipinski definition) is 4. The number of rotatable bonds is 5. The summed E-state index contributed by atoms with van der Waals surface area (Å²) < 4.78 is 0. The molecule has 1 aromatic rings. The quantitative estimate of drug-likeness (QED) is 0.669. The molecule has 2 unspecified atom stereocenters. The molecule has 6 heteroatoms. The largest absolute Gasteiger partial charge is 0.349 e. The summed E-state index contributed by atoms with van der Waals surface area (Å²) in [5.41, 5.74) is 6.74. The maximum absolute atomic E-state index is 12.6. The van der Waals surface area contributed by atoms with Gasteiger partial charge in [0.25, 0.3) is 5.91 Å². The first kappa shape index (κ1) is 17.3. The molecule has 1 saturated carbocycles. The summed E-state index contributed by atoms with van der Waals surface area (Å²) in [5.74, 6) is 0.166. The molecule has 0 saturated heterocycles. The molecule has 2 rings (SSSR count). The maximum Gasteiger partial charge on any atom is 0.319 e. The van der Waals surface area contributed by atoms with E-state index in [2.05, 4.69) is 16.0 Å². The van der Waals surface area contributed by atoms with Gasteiger partial charge in [0.2, 0.25) is 0 Å². The van der Waals surface area contributed by atoms with Crippen molar-refractivity contribution in [2.45, 2.75) is 45.2 Å². The van der Waals surface area contributed by atoms with Crippen molar-refractivity contribution >= 4 is 17.6 Å². The van der Waals surface area contributed by atoms with Crippen LogP contribution in [0.5, 0.6) is 0 Å². The van der Waals surface area contributed by atoms with Crippen LogP contribution in [0.15, 0.2) is 24.3 Å². The Bertz CT molecular complexity index is 559. The number of nitrogens with one attached hydrogen (secondary N) is 3. The van der Waals surface area contributed by atoms with E-state index in [1.807, 2.05) is 13.8 Å². The maximum atomic E-state index is 12.6. The molecule has 0 aliphatic heterocycles. The topological polar surface area (TPSA) is 96.2 Å². The van der Waals surface area contributed by atoms with Crippen molar-refractivity contribution in [3.05, 3.63) is 29.8 Å². The zero-order chi connectivity index (χ0) is 16.8. The number of carbonyl (C=O) groups is 2. The molecule has 1 fully saturated rings. The molecular formula is C17H26N4O2. The fourth-order valence-electron chi connectivity index (χ4n) is 2.97. The zero-order valence-corrected chi connectivity index (χ0v) is 13.8. The fraction of sp³-hybridized carbons (Fsp3) is 0.529.